The average molecular weight is 371 g/mol. The van der Waals surface area contributed by atoms with Crippen LogP contribution in [0.1, 0.15) is 51.7 Å². The van der Waals surface area contributed by atoms with Crippen LogP contribution in [0.4, 0.5) is 5.82 Å². The van der Waals surface area contributed by atoms with Crippen LogP contribution >= 0.6 is 11.3 Å². The minimum Gasteiger partial charge on any atom is -0.365 e. The van der Waals surface area contributed by atoms with E-state index < -0.39 is 5.91 Å². The summed E-state index contributed by atoms with van der Waals surface area (Å²) in [5.74, 6) is 1.12. The number of hydrogen-bond acceptors (Lipinski definition) is 5. The van der Waals surface area contributed by atoms with Crippen molar-refractivity contribution in [2.24, 2.45) is 5.73 Å². The molecule has 5 nitrogen and oxygen atoms in total. The Labute approximate surface area is 158 Å². The number of pyridine rings is 1. The zero-order valence-corrected chi connectivity index (χ0v) is 15.9. The van der Waals surface area contributed by atoms with E-state index in [0.717, 1.165) is 44.5 Å². The number of rotatable bonds is 5. The molecule has 0 spiro atoms. The second kappa shape index (κ2) is 7.76. The monoisotopic (exact) mass is 370 g/mol. The van der Waals surface area contributed by atoms with Crippen LogP contribution in [0.15, 0.2) is 30.5 Å². The largest absolute Gasteiger partial charge is 0.365 e. The predicted octanol–water partition coefficient (Wildman–Crippen LogP) is 3.22. The number of piperazine rings is 1. The van der Waals surface area contributed by atoms with Crippen molar-refractivity contribution in [1.29, 1.82) is 0 Å². The van der Waals surface area contributed by atoms with Gasteiger partial charge >= 0.3 is 0 Å². The molecular weight excluding hydrogens is 344 g/mol. The molecule has 2 aromatic rings. The van der Waals surface area contributed by atoms with Gasteiger partial charge in [0.25, 0.3) is 5.91 Å². The molecule has 3 heterocycles. The Morgan fingerprint density at radius 2 is 1.92 bits per heavy atom. The topological polar surface area (TPSA) is 62.5 Å². The first-order valence-electron chi connectivity index (χ1n) is 9.51. The van der Waals surface area contributed by atoms with Crippen LogP contribution in [0.3, 0.4) is 0 Å². The fraction of sp³-hybridized carbons (Fsp3) is 0.500. The highest BCUT2D eigenvalue weighted by atomic mass is 32.1. The van der Waals surface area contributed by atoms with Crippen LogP contribution in [0.25, 0.3) is 0 Å². The third kappa shape index (κ3) is 3.76. The summed E-state index contributed by atoms with van der Waals surface area (Å²) >= 11 is 2.00. The number of nitrogens with two attached hydrogens (primary N) is 1. The van der Waals surface area contributed by atoms with Crippen molar-refractivity contribution < 1.29 is 4.79 Å². The van der Waals surface area contributed by atoms with E-state index in [9.17, 15) is 4.79 Å². The second-order valence-corrected chi connectivity index (χ2v) is 8.49. The van der Waals surface area contributed by atoms with E-state index in [2.05, 4.69) is 26.9 Å². The first kappa shape index (κ1) is 17.5. The summed E-state index contributed by atoms with van der Waals surface area (Å²) in [5, 5.41) is 0. The Bertz CT molecular complexity index is 761. The molecule has 1 amide bonds. The molecule has 138 valence electrons. The van der Waals surface area contributed by atoms with Crippen molar-refractivity contribution in [1.82, 2.24) is 9.88 Å². The number of carbonyl (C=O) groups is 1. The van der Waals surface area contributed by atoms with Gasteiger partial charge in [-0.15, -0.1) is 11.3 Å². The van der Waals surface area contributed by atoms with Gasteiger partial charge in [-0.1, -0.05) is 12.8 Å². The first-order chi connectivity index (χ1) is 12.7. The fourth-order valence-electron chi connectivity index (χ4n) is 4.09. The van der Waals surface area contributed by atoms with Gasteiger partial charge in [0, 0.05) is 48.7 Å². The molecule has 1 aliphatic carbocycles. The molecule has 2 aliphatic rings. The molecule has 26 heavy (non-hydrogen) atoms. The molecule has 0 aromatic carbocycles. The number of hydrogen-bond donors (Lipinski definition) is 1. The van der Waals surface area contributed by atoms with Crippen molar-refractivity contribution >= 4 is 23.1 Å². The maximum Gasteiger partial charge on any atom is 0.252 e. The van der Waals surface area contributed by atoms with Gasteiger partial charge in [-0.3, -0.25) is 9.69 Å². The number of nitrogens with zero attached hydrogens (tertiary/aromatic N) is 3. The van der Waals surface area contributed by atoms with Gasteiger partial charge in [0.1, 0.15) is 5.82 Å². The Morgan fingerprint density at radius 1 is 1.15 bits per heavy atom. The Kier molecular flexibility index (Phi) is 5.22. The molecule has 0 radical (unpaired) electrons. The molecule has 6 heteroatoms. The van der Waals surface area contributed by atoms with E-state index in [4.69, 9.17) is 5.73 Å². The van der Waals surface area contributed by atoms with Crippen LogP contribution < -0.4 is 10.6 Å². The lowest BCUT2D eigenvalue weighted by Gasteiger charge is -2.35. The van der Waals surface area contributed by atoms with Gasteiger partial charge in [-0.05, 0) is 43.0 Å². The maximum atomic E-state index is 11.6. The molecule has 0 bridgehead atoms. The molecule has 1 saturated heterocycles. The summed E-state index contributed by atoms with van der Waals surface area (Å²) in [4.78, 5) is 23.7. The number of anilines is 1. The molecular formula is C20H26N4OS. The molecule has 0 unspecified atom stereocenters. The van der Waals surface area contributed by atoms with E-state index in [-0.39, 0.29) is 0 Å². The summed E-state index contributed by atoms with van der Waals surface area (Å²) < 4.78 is 0. The normalized spacial score (nSPS) is 19.2. The van der Waals surface area contributed by atoms with Crippen molar-refractivity contribution in [3.05, 3.63) is 45.8 Å². The van der Waals surface area contributed by atoms with Crippen molar-refractivity contribution in [2.45, 2.75) is 38.1 Å². The summed E-state index contributed by atoms with van der Waals surface area (Å²) in [6.07, 6.45) is 7.24. The minimum atomic E-state index is -0.409. The van der Waals surface area contributed by atoms with Gasteiger partial charge in [0.2, 0.25) is 0 Å². The summed E-state index contributed by atoms with van der Waals surface area (Å²) in [6, 6.07) is 8.18. The van der Waals surface area contributed by atoms with Crippen molar-refractivity contribution in [3.8, 4) is 0 Å². The summed E-state index contributed by atoms with van der Waals surface area (Å²) in [6.45, 7) is 4.73. The number of primary amides is 1. The third-order valence-corrected chi connectivity index (χ3v) is 6.78. The molecule has 2 fully saturated rings. The van der Waals surface area contributed by atoms with E-state index in [1.807, 2.05) is 11.3 Å². The van der Waals surface area contributed by atoms with Gasteiger partial charge in [0.15, 0.2) is 0 Å². The molecule has 1 saturated carbocycles. The van der Waals surface area contributed by atoms with E-state index >= 15 is 0 Å². The fourth-order valence-corrected chi connectivity index (χ4v) is 5.31. The van der Waals surface area contributed by atoms with Crippen LogP contribution in [0, 0.1) is 0 Å². The van der Waals surface area contributed by atoms with Crippen LogP contribution in [0.5, 0.6) is 0 Å². The van der Waals surface area contributed by atoms with Crippen LogP contribution in [-0.2, 0) is 6.54 Å². The molecule has 2 aromatic heterocycles. The highest BCUT2D eigenvalue weighted by Crippen LogP contribution is 2.37. The predicted molar refractivity (Wildman–Crippen MR) is 106 cm³/mol. The van der Waals surface area contributed by atoms with E-state index in [0.29, 0.717) is 5.56 Å². The summed E-state index contributed by atoms with van der Waals surface area (Å²) in [5.41, 5.74) is 6.00. The lowest BCUT2D eigenvalue weighted by atomic mass is 10.1. The van der Waals surface area contributed by atoms with Gasteiger partial charge in [0.05, 0.1) is 5.56 Å². The number of amides is 1. The lowest BCUT2D eigenvalue weighted by molar-refractivity contribution is 0.1000. The first-order valence-corrected chi connectivity index (χ1v) is 10.3. The average Bonchev–Trinajstić information content (AvgIpc) is 3.34. The highest BCUT2D eigenvalue weighted by Gasteiger charge is 2.23. The SMILES string of the molecule is NC(=O)c1cccnc1N1CCN(Cc2ccc(C3CCCC3)s2)CC1. The Morgan fingerprint density at radius 3 is 2.65 bits per heavy atom. The van der Waals surface area contributed by atoms with Gasteiger partial charge in [-0.25, -0.2) is 4.98 Å². The third-order valence-electron chi connectivity index (χ3n) is 5.54. The summed E-state index contributed by atoms with van der Waals surface area (Å²) in [7, 11) is 0. The zero-order chi connectivity index (χ0) is 17.9. The second-order valence-electron chi connectivity index (χ2n) is 7.29. The van der Waals surface area contributed by atoms with Crippen molar-refractivity contribution in [3.63, 3.8) is 0 Å². The van der Waals surface area contributed by atoms with E-state index in [1.54, 1.807) is 23.2 Å². The van der Waals surface area contributed by atoms with Crippen LogP contribution in [-0.4, -0.2) is 42.0 Å². The Hall–Kier alpha value is -1.92. The quantitative estimate of drug-likeness (QED) is 0.878. The standard InChI is InChI=1S/C20H26N4OS/c21-19(25)17-6-3-9-22-20(17)24-12-10-23(11-13-24)14-16-7-8-18(26-16)15-4-1-2-5-15/h3,6-9,15H,1-2,4-5,10-14H2,(H2,21,25). The smallest absolute Gasteiger partial charge is 0.252 e. The van der Waals surface area contributed by atoms with Crippen molar-refractivity contribution in [2.75, 3.05) is 31.1 Å². The van der Waals surface area contributed by atoms with Gasteiger partial charge in [-0.2, -0.15) is 0 Å². The molecule has 1 aliphatic heterocycles. The highest BCUT2D eigenvalue weighted by molar-refractivity contribution is 7.12. The van der Waals surface area contributed by atoms with Gasteiger partial charge < -0.3 is 10.6 Å². The Balaban J connectivity index is 1.35. The maximum absolute atomic E-state index is 11.6. The van der Waals surface area contributed by atoms with Crippen LogP contribution in [0.2, 0.25) is 0 Å². The number of carbonyl (C=O) groups excluding carboxylic acids is 1. The molecule has 2 N–H and O–H groups in total. The number of thiophene rings is 1. The minimum absolute atomic E-state index is 0.409. The molecule has 4 rings (SSSR count). The number of aromatic nitrogens is 1. The zero-order valence-electron chi connectivity index (χ0n) is 15.1. The molecule has 0 atom stereocenters. The van der Waals surface area contributed by atoms with E-state index in [1.165, 1.54) is 30.6 Å². The lowest BCUT2D eigenvalue weighted by Crippen LogP contribution is -2.46.